The summed E-state index contributed by atoms with van der Waals surface area (Å²) in [7, 11) is 1.67. The van der Waals surface area contributed by atoms with Crippen LogP contribution in [0.3, 0.4) is 0 Å². The van der Waals surface area contributed by atoms with Gasteiger partial charge in [-0.1, -0.05) is 0 Å². The Morgan fingerprint density at radius 2 is 2.20 bits per heavy atom. The second kappa shape index (κ2) is 6.91. The molecule has 0 aliphatic carbocycles. The van der Waals surface area contributed by atoms with Crippen LogP contribution >= 0.6 is 22.6 Å². The Balaban J connectivity index is 2.53. The molecule has 0 saturated heterocycles. The molecule has 5 nitrogen and oxygen atoms in total. The first-order chi connectivity index (χ1) is 7.26. The topological polar surface area (TPSA) is 73.1 Å². The number of ether oxygens (including phenoxy) is 1. The quantitative estimate of drug-likeness (QED) is 0.760. The SMILES string of the molecule is COCC(CCN)Nc1ncc(I)cn1. The molecule has 84 valence electrons. The van der Waals surface area contributed by atoms with E-state index in [4.69, 9.17) is 10.5 Å². The first-order valence-corrected chi connectivity index (χ1v) is 5.77. The molecule has 1 unspecified atom stereocenters. The summed E-state index contributed by atoms with van der Waals surface area (Å²) in [5.41, 5.74) is 5.50. The maximum atomic E-state index is 5.50. The summed E-state index contributed by atoms with van der Waals surface area (Å²) in [6.45, 7) is 1.22. The second-order valence-corrected chi connectivity index (χ2v) is 4.34. The third-order valence-electron chi connectivity index (χ3n) is 1.84. The fourth-order valence-electron chi connectivity index (χ4n) is 1.17. The number of nitrogens with two attached hydrogens (primary N) is 1. The Labute approximate surface area is 103 Å². The van der Waals surface area contributed by atoms with Crippen LogP contribution in [0.5, 0.6) is 0 Å². The van der Waals surface area contributed by atoms with Gasteiger partial charge in [-0.05, 0) is 35.6 Å². The first kappa shape index (κ1) is 12.6. The van der Waals surface area contributed by atoms with Crippen LogP contribution in [0.15, 0.2) is 12.4 Å². The molecule has 0 amide bonds. The van der Waals surface area contributed by atoms with Crippen molar-refractivity contribution in [2.75, 3.05) is 25.6 Å². The van der Waals surface area contributed by atoms with Crippen molar-refractivity contribution in [2.45, 2.75) is 12.5 Å². The summed E-state index contributed by atoms with van der Waals surface area (Å²) in [6.07, 6.45) is 4.37. The lowest BCUT2D eigenvalue weighted by Gasteiger charge is -2.16. The second-order valence-electron chi connectivity index (χ2n) is 3.10. The van der Waals surface area contributed by atoms with E-state index in [9.17, 15) is 0 Å². The molecule has 0 radical (unpaired) electrons. The molecule has 0 aliphatic rings. The predicted molar refractivity (Wildman–Crippen MR) is 67.7 cm³/mol. The molecular formula is C9H15IN4O. The van der Waals surface area contributed by atoms with Gasteiger partial charge in [-0.3, -0.25) is 0 Å². The molecule has 0 fully saturated rings. The van der Waals surface area contributed by atoms with Gasteiger partial charge in [0.1, 0.15) is 0 Å². The smallest absolute Gasteiger partial charge is 0.222 e. The van der Waals surface area contributed by atoms with Crippen molar-refractivity contribution < 1.29 is 4.74 Å². The van der Waals surface area contributed by atoms with Gasteiger partial charge in [0.2, 0.25) is 5.95 Å². The fraction of sp³-hybridized carbons (Fsp3) is 0.556. The van der Waals surface area contributed by atoms with Crippen LogP contribution in [-0.4, -0.2) is 36.3 Å². The van der Waals surface area contributed by atoms with Gasteiger partial charge in [0.25, 0.3) is 0 Å². The molecule has 0 aromatic carbocycles. The molecular weight excluding hydrogens is 307 g/mol. The van der Waals surface area contributed by atoms with E-state index in [0.29, 0.717) is 19.1 Å². The molecule has 1 aromatic heterocycles. The minimum atomic E-state index is 0.167. The lowest BCUT2D eigenvalue weighted by atomic mass is 10.2. The van der Waals surface area contributed by atoms with Crippen molar-refractivity contribution in [3.8, 4) is 0 Å². The molecule has 1 rings (SSSR count). The van der Waals surface area contributed by atoms with Gasteiger partial charge in [0.05, 0.1) is 12.6 Å². The van der Waals surface area contributed by atoms with Crippen LogP contribution < -0.4 is 11.1 Å². The van der Waals surface area contributed by atoms with Gasteiger partial charge in [-0.25, -0.2) is 9.97 Å². The third kappa shape index (κ3) is 4.72. The summed E-state index contributed by atoms with van der Waals surface area (Å²) >= 11 is 2.17. The number of aromatic nitrogens is 2. The Hall–Kier alpha value is -0.470. The standard InChI is InChI=1S/C9H15IN4O/c1-15-6-8(2-3-11)14-9-12-4-7(10)5-13-9/h4-5,8H,2-3,6,11H2,1H3,(H,12,13,14). The molecule has 0 aliphatic heterocycles. The van der Waals surface area contributed by atoms with E-state index in [2.05, 4.69) is 37.9 Å². The molecule has 1 atom stereocenters. The van der Waals surface area contributed by atoms with Crippen molar-refractivity contribution in [3.63, 3.8) is 0 Å². The Morgan fingerprint density at radius 1 is 1.53 bits per heavy atom. The summed E-state index contributed by atoms with van der Waals surface area (Å²) in [5, 5.41) is 3.18. The highest BCUT2D eigenvalue weighted by molar-refractivity contribution is 14.1. The van der Waals surface area contributed by atoms with E-state index in [-0.39, 0.29) is 6.04 Å². The highest BCUT2D eigenvalue weighted by Gasteiger charge is 2.08. The first-order valence-electron chi connectivity index (χ1n) is 4.69. The van der Waals surface area contributed by atoms with Crippen LogP contribution in [0.25, 0.3) is 0 Å². The minimum Gasteiger partial charge on any atom is -0.383 e. The zero-order valence-corrected chi connectivity index (χ0v) is 10.8. The van der Waals surface area contributed by atoms with E-state index in [1.54, 1.807) is 19.5 Å². The third-order valence-corrected chi connectivity index (χ3v) is 2.39. The summed E-state index contributed by atoms with van der Waals surface area (Å²) < 4.78 is 6.09. The van der Waals surface area contributed by atoms with Crippen LogP contribution in [0.4, 0.5) is 5.95 Å². The molecule has 3 N–H and O–H groups in total. The fourth-order valence-corrected chi connectivity index (χ4v) is 1.45. The molecule has 1 heterocycles. The Morgan fingerprint density at radius 3 is 2.73 bits per heavy atom. The highest BCUT2D eigenvalue weighted by atomic mass is 127. The largest absolute Gasteiger partial charge is 0.383 e. The molecule has 0 bridgehead atoms. The summed E-state index contributed by atoms with van der Waals surface area (Å²) in [6, 6.07) is 0.167. The van der Waals surface area contributed by atoms with Gasteiger partial charge in [0.15, 0.2) is 0 Å². The van der Waals surface area contributed by atoms with Gasteiger partial charge >= 0.3 is 0 Å². The van der Waals surface area contributed by atoms with Crippen molar-refractivity contribution in [1.29, 1.82) is 0 Å². The predicted octanol–water partition coefficient (Wildman–Crippen LogP) is 0.857. The van der Waals surface area contributed by atoms with Gasteiger partial charge in [-0.15, -0.1) is 0 Å². The number of rotatable bonds is 6. The van der Waals surface area contributed by atoms with Crippen molar-refractivity contribution in [2.24, 2.45) is 5.73 Å². The van der Waals surface area contributed by atoms with Crippen molar-refractivity contribution in [3.05, 3.63) is 16.0 Å². The van der Waals surface area contributed by atoms with E-state index < -0.39 is 0 Å². The van der Waals surface area contributed by atoms with Crippen LogP contribution in [-0.2, 0) is 4.74 Å². The number of nitrogens with zero attached hydrogens (tertiary/aromatic N) is 2. The number of hydrogen-bond acceptors (Lipinski definition) is 5. The number of methoxy groups -OCH3 is 1. The van der Waals surface area contributed by atoms with Gasteiger partial charge < -0.3 is 15.8 Å². The maximum absolute atomic E-state index is 5.50. The zero-order valence-electron chi connectivity index (χ0n) is 8.61. The van der Waals surface area contributed by atoms with Gasteiger partial charge in [0, 0.05) is 23.1 Å². The molecule has 0 saturated carbocycles. The number of nitrogens with one attached hydrogen (secondary N) is 1. The van der Waals surface area contributed by atoms with Crippen molar-refractivity contribution in [1.82, 2.24) is 9.97 Å². The summed E-state index contributed by atoms with van der Waals surface area (Å²) in [4.78, 5) is 8.31. The number of halogens is 1. The molecule has 1 aromatic rings. The number of hydrogen-bond donors (Lipinski definition) is 2. The van der Waals surface area contributed by atoms with Crippen molar-refractivity contribution >= 4 is 28.5 Å². The van der Waals surface area contributed by atoms with E-state index in [1.165, 1.54) is 0 Å². The van der Waals surface area contributed by atoms with Gasteiger partial charge in [-0.2, -0.15) is 0 Å². The Kier molecular flexibility index (Phi) is 5.81. The normalized spacial score (nSPS) is 12.5. The van der Waals surface area contributed by atoms with Crippen LogP contribution in [0, 0.1) is 3.57 Å². The Bertz CT molecular complexity index is 274. The highest BCUT2D eigenvalue weighted by Crippen LogP contribution is 2.05. The monoisotopic (exact) mass is 322 g/mol. The van der Waals surface area contributed by atoms with E-state index in [1.807, 2.05) is 0 Å². The maximum Gasteiger partial charge on any atom is 0.222 e. The average molecular weight is 322 g/mol. The average Bonchev–Trinajstić information content (AvgIpc) is 2.22. The van der Waals surface area contributed by atoms with Crippen LogP contribution in [0.2, 0.25) is 0 Å². The molecule has 0 spiro atoms. The van der Waals surface area contributed by atoms with Crippen LogP contribution in [0.1, 0.15) is 6.42 Å². The molecule has 15 heavy (non-hydrogen) atoms. The zero-order chi connectivity index (χ0) is 11.1. The molecule has 6 heteroatoms. The lowest BCUT2D eigenvalue weighted by molar-refractivity contribution is 0.183. The minimum absolute atomic E-state index is 0.167. The van der Waals surface area contributed by atoms with E-state index >= 15 is 0 Å². The number of anilines is 1. The lowest BCUT2D eigenvalue weighted by Crippen LogP contribution is -2.28. The summed E-state index contributed by atoms with van der Waals surface area (Å²) in [5.74, 6) is 0.617. The van der Waals surface area contributed by atoms with E-state index in [0.717, 1.165) is 9.99 Å².